The minimum atomic E-state index is -4.93. The van der Waals surface area contributed by atoms with E-state index in [9.17, 15) is 57.9 Å². The summed E-state index contributed by atoms with van der Waals surface area (Å²) in [4.78, 5) is 31.6. The van der Waals surface area contributed by atoms with E-state index in [0.29, 0.717) is 11.1 Å². The van der Waals surface area contributed by atoms with Crippen molar-refractivity contribution >= 4 is 41.2 Å². The zero-order chi connectivity index (χ0) is 55.0. The van der Waals surface area contributed by atoms with E-state index in [1.54, 1.807) is 121 Å². The number of aryl methyl sites for hydroxylation is 4. The van der Waals surface area contributed by atoms with Crippen molar-refractivity contribution in [2.45, 2.75) is 103 Å². The van der Waals surface area contributed by atoms with Crippen LogP contribution in [0.15, 0.2) is 129 Å². The van der Waals surface area contributed by atoms with E-state index in [1.807, 2.05) is 6.92 Å². The van der Waals surface area contributed by atoms with E-state index in [0.717, 1.165) is 43.5 Å². The first-order valence-corrected chi connectivity index (χ1v) is 25.8. The van der Waals surface area contributed by atoms with Gasteiger partial charge in [0.1, 0.15) is 0 Å². The number of alkyl halides is 6. The van der Waals surface area contributed by atoms with Crippen LogP contribution in [-0.2, 0) is 48.8 Å². The van der Waals surface area contributed by atoms with Gasteiger partial charge < -0.3 is 14.2 Å². The molecule has 0 radical (unpaired) electrons. The van der Waals surface area contributed by atoms with Crippen molar-refractivity contribution in [3.63, 3.8) is 0 Å². The number of rotatable bonds is 12. The van der Waals surface area contributed by atoms with Crippen LogP contribution >= 0.6 is 10.7 Å². The number of hydrogen-bond acceptors (Lipinski definition) is 8. The Balaban J connectivity index is 0.000000270. The number of aliphatic hydroxyl groups is 1. The van der Waals surface area contributed by atoms with Crippen molar-refractivity contribution < 1.29 is 52.5 Å². The van der Waals surface area contributed by atoms with Crippen LogP contribution < -0.4 is 11.1 Å². The highest BCUT2D eigenvalue weighted by Crippen LogP contribution is 2.39. The molecule has 12 nitrogen and oxygen atoms in total. The molecule has 1 N–H and O–H groups in total. The Morgan fingerprint density at radius 3 is 1.30 bits per heavy atom. The van der Waals surface area contributed by atoms with Crippen molar-refractivity contribution in [3.05, 3.63) is 186 Å². The zero-order valence-corrected chi connectivity index (χ0v) is 43.1. The average Bonchev–Trinajstić information content (AvgIpc) is 3.29. The number of aromatic nitrogens is 2. The van der Waals surface area contributed by atoms with Gasteiger partial charge >= 0.3 is 12.4 Å². The largest absolute Gasteiger partial charge is 0.407 e. The number of hydrogen-bond donors (Lipinski definition) is 1. The summed E-state index contributed by atoms with van der Waals surface area (Å²) in [6, 6.07) is 27.2. The second-order valence-corrected chi connectivity index (χ2v) is 21.7. The predicted molar refractivity (Wildman–Crippen MR) is 267 cm³/mol. The molecule has 0 aliphatic rings. The SMILES string of the molecule is Cc1ccc(S(=O)(=O)Cl)cc1.[C-]#[N+]c1c(C(F)(F)F)cc(-c2cccc(C)c2)n(CC(O)C(C)C)c1=O.[C-]#[N+]c1c(C(F)(F)F)cc(-c2cccc(C)c2)n(CC(OS(=O)(=O)c2ccc(C)cc2)C(C)C)c1=O. The summed E-state index contributed by atoms with van der Waals surface area (Å²) in [6.45, 7) is 27.7. The lowest BCUT2D eigenvalue weighted by molar-refractivity contribution is -0.137. The maximum absolute atomic E-state index is 13.8. The standard InChI is InChI=1S/C26H25F3N2O4S.C19H19F3N2O2.C7H7ClO2S/c1-16(2)23(35-36(33,34)20-11-9-17(3)10-12-20)15-31-22(19-8-6-7-18(4)13-19)14-21(26(27,28)29)24(30-5)25(31)32;1-11(2)16(25)10-24-15(13-7-5-6-12(3)8-13)9-14(19(20,21)22)17(23-4)18(24)26;1-6-2-4-7(5-3-6)11(8,9)10/h6-14,16,23H,15H2,1-4H3;5-9,11,16,25H,10H2,1-3H3;2-5H,1H3. The lowest BCUT2D eigenvalue weighted by atomic mass is 10.0. The van der Waals surface area contributed by atoms with Crippen molar-refractivity contribution in [1.82, 2.24) is 9.13 Å². The third-order valence-electron chi connectivity index (χ3n) is 11.1. The smallest absolute Gasteiger partial charge is 0.391 e. The van der Waals surface area contributed by atoms with Gasteiger partial charge in [0.05, 0.1) is 59.4 Å². The molecule has 0 fully saturated rings. The number of nitrogens with zero attached hydrogens (tertiary/aromatic N) is 4. The van der Waals surface area contributed by atoms with Crippen molar-refractivity contribution in [2.24, 2.45) is 11.8 Å². The Bertz CT molecular complexity index is 3380. The summed E-state index contributed by atoms with van der Waals surface area (Å²) in [5.41, 5.74) is -2.80. The molecule has 4 aromatic carbocycles. The van der Waals surface area contributed by atoms with E-state index in [1.165, 1.54) is 24.3 Å². The van der Waals surface area contributed by atoms with Gasteiger partial charge in [-0.1, -0.05) is 111 Å². The van der Waals surface area contributed by atoms with E-state index < -0.39 is 83.3 Å². The first-order valence-electron chi connectivity index (χ1n) is 22.1. The second-order valence-electron chi connectivity index (χ2n) is 17.6. The highest BCUT2D eigenvalue weighted by atomic mass is 35.7. The molecule has 21 heteroatoms. The fraction of sp³-hybridized carbons (Fsp3) is 0.308. The molecule has 73 heavy (non-hydrogen) atoms. The monoisotopic (exact) mass is 1070 g/mol. The molecule has 0 saturated carbocycles. The quantitative estimate of drug-likeness (QED) is 0.0551. The molecule has 2 aromatic heterocycles. The number of halogens is 7. The molecule has 2 unspecified atom stereocenters. The van der Waals surface area contributed by atoms with Crippen molar-refractivity contribution in [2.75, 3.05) is 0 Å². The molecular weight excluding hydrogens is 1020 g/mol. The van der Waals surface area contributed by atoms with Gasteiger partial charge in [-0.25, -0.2) is 18.1 Å². The van der Waals surface area contributed by atoms with Crippen LogP contribution in [-0.4, -0.2) is 43.3 Å². The maximum Gasteiger partial charge on any atom is 0.407 e. The summed E-state index contributed by atoms with van der Waals surface area (Å²) in [7, 11) is -2.71. The second kappa shape index (κ2) is 24.0. The molecule has 6 aromatic rings. The van der Waals surface area contributed by atoms with Crippen LogP contribution in [0.2, 0.25) is 0 Å². The number of pyridine rings is 2. The van der Waals surface area contributed by atoms with Crippen molar-refractivity contribution in [1.29, 1.82) is 0 Å². The van der Waals surface area contributed by atoms with Gasteiger partial charge in [0.25, 0.3) is 41.7 Å². The summed E-state index contributed by atoms with van der Waals surface area (Å²) < 4.78 is 136. The fourth-order valence-corrected chi connectivity index (χ4v) is 8.88. The zero-order valence-electron chi connectivity index (χ0n) is 40.7. The van der Waals surface area contributed by atoms with Crippen LogP contribution in [0.25, 0.3) is 32.2 Å². The summed E-state index contributed by atoms with van der Waals surface area (Å²) in [5, 5.41) is 10.2. The number of benzene rings is 4. The van der Waals surface area contributed by atoms with Crippen LogP contribution in [0.3, 0.4) is 0 Å². The first kappa shape index (κ1) is 59.0. The van der Waals surface area contributed by atoms with Gasteiger partial charge in [0, 0.05) is 22.1 Å². The Kier molecular flexibility index (Phi) is 19.4. The fourth-order valence-electron chi connectivity index (χ4n) is 6.92. The molecule has 0 aliphatic carbocycles. The molecule has 388 valence electrons. The summed E-state index contributed by atoms with van der Waals surface area (Å²) in [6.07, 6.45) is -11.8. The Hall–Kier alpha value is -6.55. The van der Waals surface area contributed by atoms with Crippen molar-refractivity contribution in [3.8, 4) is 22.5 Å². The van der Waals surface area contributed by atoms with Crippen LogP contribution in [0.1, 0.15) is 61.1 Å². The van der Waals surface area contributed by atoms with Crippen LogP contribution in [0, 0.1) is 52.7 Å². The highest BCUT2D eigenvalue weighted by molar-refractivity contribution is 8.13. The first-order chi connectivity index (χ1) is 33.8. The van der Waals surface area contributed by atoms with Gasteiger partial charge in [-0.15, -0.1) is 0 Å². The Labute approximate surface area is 424 Å². The molecule has 0 aliphatic heterocycles. The molecular formula is C52H51ClF6N4O8S2. The van der Waals surface area contributed by atoms with Gasteiger partial charge in [-0.2, -0.15) is 34.8 Å². The molecule has 2 atom stereocenters. The van der Waals surface area contributed by atoms with Gasteiger partial charge in [-0.05, 0) is 99.2 Å². The minimum Gasteiger partial charge on any atom is -0.391 e. The summed E-state index contributed by atoms with van der Waals surface area (Å²) in [5.74, 6) is -0.646. The topological polar surface area (TPSA) is 150 Å². The summed E-state index contributed by atoms with van der Waals surface area (Å²) >= 11 is 0. The van der Waals surface area contributed by atoms with E-state index in [-0.39, 0.29) is 40.2 Å². The average molecular weight is 1070 g/mol. The minimum absolute atomic E-state index is 0.0260. The highest BCUT2D eigenvalue weighted by Gasteiger charge is 2.38. The predicted octanol–water partition coefficient (Wildman–Crippen LogP) is 12.5. The Morgan fingerprint density at radius 1 is 0.589 bits per heavy atom. The van der Waals surface area contributed by atoms with Gasteiger partial charge in [0.2, 0.25) is 0 Å². The van der Waals surface area contributed by atoms with Crippen LogP contribution in [0.5, 0.6) is 0 Å². The van der Waals surface area contributed by atoms with Gasteiger partial charge in [0.15, 0.2) is 0 Å². The molecule has 0 spiro atoms. The lowest BCUT2D eigenvalue weighted by Gasteiger charge is -2.25. The molecule has 6 rings (SSSR count). The molecule has 0 bridgehead atoms. The Morgan fingerprint density at radius 2 is 0.973 bits per heavy atom. The third kappa shape index (κ3) is 15.5. The maximum atomic E-state index is 13.8. The molecule has 0 amide bonds. The third-order valence-corrected chi connectivity index (χ3v) is 13.8. The van der Waals surface area contributed by atoms with Gasteiger partial charge in [-0.3, -0.25) is 13.8 Å². The van der Waals surface area contributed by atoms with Crippen LogP contribution in [0.4, 0.5) is 37.7 Å². The number of aliphatic hydroxyl groups excluding tert-OH is 1. The lowest BCUT2D eigenvalue weighted by Crippen LogP contribution is -2.34. The normalized spacial score (nSPS) is 12.7. The molecule has 0 saturated heterocycles. The van der Waals surface area contributed by atoms with E-state index in [4.69, 9.17) is 28.0 Å². The van der Waals surface area contributed by atoms with E-state index >= 15 is 0 Å². The van der Waals surface area contributed by atoms with E-state index in [2.05, 4.69) is 9.69 Å². The molecule has 2 heterocycles.